The van der Waals surface area contributed by atoms with E-state index in [-0.39, 0.29) is 20.8 Å². The fourth-order valence-corrected chi connectivity index (χ4v) is 2.23. The maximum atomic E-state index is 14.0. The predicted molar refractivity (Wildman–Crippen MR) is 75.5 cm³/mol. The number of methoxy groups -OCH3 is 1. The molecule has 0 saturated heterocycles. The summed E-state index contributed by atoms with van der Waals surface area (Å²) in [7, 11) is 1.35. The summed E-state index contributed by atoms with van der Waals surface area (Å²) >= 11 is 8.73. The first-order valence-corrected chi connectivity index (χ1v) is 6.64. The maximum Gasteiger partial charge on any atom is 0.202 e. The molecule has 104 valence electrons. The van der Waals surface area contributed by atoms with Crippen molar-refractivity contribution in [3.8, 4) is 5.75 Å². The lowest BCUT2D eigenvalue weighted by atomic mass is 10.0. The van der Waals surface area contributed by atoms with Crippen LogP contribution in [0.15, 0.2) is 34.8 Å². The number of ketones is 1. The van der Waals surface area contributed by atoms with Crippen molar-refractivity contribution < 1.29 is 18.3 Å². The zero-order valence-electron chi connectivity index (χ0n) is 10.2. The molecule has 0 heterocycles. The van der Waals surface area contributed by atoms with E-state index in [4.69, 9.17) is 16.3 Å². The van der Waals surface area contributed by atoms with Gasteiger partial charge in [0.2, 0.25) is 5.78 Å². The Balaban J connectivity index is 2.63. The number of benzene rings is 2. The van der Waals surface area contributed by atoms with Gasteiger partial charge in [0.15, 0.2) is 5.82 Å². The number of carbonyl (C=O) groups is 1. The van der Waals surface area contributed by atoms with E-state index in [1.54, 1.807) is 0 Å². The van der Waals surface area contributed by atoms with Crippen LogP contribution in [0, 0.1) is 11.6 Å². The molecule has 0 radical (unpaired) electrons. The van der Waals surface area contributed by atoms with Gasteiger partial charge >= 0.3 is 0 Å². The zero-order valence-corrected chi connectivity index (χ0v) is 12.6. The average Bonchev–Trinajstić information content (AvgIpc) is 2.43. The molecule has 0 bridgehead atoms. The first kappa shape index (κ1) is 14.9. The summed E-state index contributed by atoms with van der Waals surface area (Å²) in [4.78, 5) is 12.3. The minimum atomic E-state index is -0.961. The van der Waals surface area contributed by atoms with Crippen LogP contribution >= 0.6 is 27.5 Å². The molecule has 0 spiro atoms. The van der Waals surface area contributed by atoms with Gasteiger partial charge in [-0.05, 0) is 46.3 Å². The van der Waals surface area contributed by atoms with E-state index in [0.29, 0.717) is 0 Å². The summed E-state index contributed by atoms with van der Waals surface area (Å²) in [6, 6.07) is 6.49. The van der Waals surface area contributed by atoms with Crippen LogP contribution < -0.4 is 4.74 Å². The summed E-state index contributed by atoms with van der Waals surface area (Å²) < 4.78 is 32.7. The molecule has 0 aliphatic carbocycles. The Kier molecular flexibility index (Phi) is 4.40. The minimum absolute atomic E-state index is 0.00300. The van der Waals surface area contributed by atoms with E-state index in [2.05, 4.69) is 15.9 Å². The topological polar surface area (TPSA) is 26.3 Å². The second-order valence-corrected chi connectivity index (χ2v) is 5.18. The fourth-order valence-electron chi connectivity index (χ4n) is 1.73. The van der Waals surface area contributed by atoms with Gasteiger partial charge in [0.1, 0.15) is 11.6 Å². The van der Waals surface area contributed by atoms with E-state index in [1.807, 2.05) is 0 Å². The van der Waals surface area contributed by atoms with Crippen molar-refractivity contribution in [3.63, 3.8) is 0 Å². The van der Waals surface area contributed by atoms with Gasteiger partial charge in [-0.15, -0.1) is 0 Å². The standard InChI is InChI=1S/C14H8BrClF2O2/c1-20-11-5-2-7(16)6-8(11)14(19)12-10(17)4-3-9(15)13(12)18/h2-6H,1H3. The largest absolute Gasteiger partial charge is 0.496 e. The average molecular weight is 362 g/mol. The van der Waals surface area contributed by atoms with Crippen molar-refractivity contribution in [3.05, 3.63) is 62.6 Å². The summed E-state index contributed by atoms with van der Waals surface area (Å²) in [6.45, 7) is 0. The Hall–Kier alpha value is -1.46. The lowest BCUT2D eigenvalue weighted by Crippen LogP contribution is -2.09. The number of hydrogen-bond donors (Lipinski definition) is 0. The molecule has 0 amide bonds. The van der Waals surface area contributed by atoms with Crippen LogP contribution in [0.25, 0.3) is 0 Å². The monoisotopic (exact) mass is 360 g/mol. The molecule has 0 aromatic heterocycles. The molecule has 2 aromatic rings. The maximum absolute atomic E-state index is 14.0. The van der Waals surface area contributed by atoms with Crippen LogP contribution in [-0.4, -0.2) is 12.9 Å². The number of halogens is 4. The molecule has 0 atom stereocenters. The normalized spacial score (nSPS) is 10.4. The van der Waals surface area contributed by atoms with Crippen molar-refractivity contribution in [2.75, 3.05) is 7.11 Å². The van der Waals surface area contributed by atoms with Crippen molar-refractivity contribution in [2.45, 2.75) is 0 Å². The van der Waals surface area contributed by atoms with Gasteiger partial charge in [0.25, 0.3) is 0 Å². The van der Waals surface area contributed by atoms with Gasteiger partial charge in [0.05, 0.1) is 22.7 Å². The highest BCUT2D eigenvalue weighted by atomic mass is 79.9. The van der Waals surface area contributed by atoms with E-state index in [1.165, 1.54) is 31.4 Å². The van der Waals surface area contributed by atoms with Gasteiger partial charge < -0.3 is 4.74 Å². The zero-order chi connectivity index (χ0) is 14.9. The van der Waals surface area contributed by atoms with Crippen LogP contribution in [0.3, 0.4) is 0 Å². The smallest absolute Gasteiger partial charge is 0.202 e. The van der Waals surface area contributed by atoms with Crippen LogP contribution in [0.1, 0.15) is 15.9 Å². The first-order chi connectivity index (χ1) is 9.45. The van der Waals surface area contributed by atoms with Gasteiger partial charge in [-0.3, -0.25) is 4.79 Å². The highest BCUT2D eigenvalue weighted by Gasteiger charge is 2.23. The van der Waals surface area contributed by atoms with Crippen molar-refractivity contribution in [1.82, 2.24) is 0 Å². The van der Waals surface area contributed by atoms with Crippen LogP contribution in [-0.2, 0) is 0 Å². The van der Waals surface area contributed by atoms with E-state index in [9.17, 15) is 13.6 Å². The highest BCUT2D eigenvalue weighted by Crippen LogP contribution is 2.29. The van der Waals surface area contributed by atoms with E-state index < -0.39 is 23.0 Å². The molecule has 6 heteroatoms. The molecule has 2 nitrogen and oxygen atoms in total. The molecule has 0 aliphatic rings. The summed E-state index contributed by atoms with van der Waals surface area (Å²) in [6.07, 6.45) is 0. The Morgan fingerprint density at radius 2 is 1.95 bits per heavy atom. The third kappa shape index (κ3) is 2.69. The van der Waals surface area contributed by atoms with Gasteiger partial charge in [-0.25, -0.2) is 8.78 Å². The SMILES string of the molecule is COc1ccc(Cl)cc1C(=O)c1c(F)ccc(Br)c1F. The second-order valence-electron chi connectivity index (χ2n) is 3.89. The summed E-state index contributed by atoms with van der Waals surface area (Å²) in [5, 5.41) is 0.268. The number of hydrogen-bond acceptors (Lipinski definition) is 2. The Labute approximate surface area is 127 Å². The summed E-state index contributed by atoms with van der Waals surface area (Å²) in [5.41, 5.74) is -0.657. The summed E-state index contributed by atoms with van der Waals surface area (Å²) in [5.74, 6) is -2.55. The van der Waals surface area contributed by atoms with Gasteiger partial charge in [-0.1, -0.05) is 11.6 Å². The first-order valence-electron chi connectivity index (χ1n) is 5.47. The molecule has 0 saturated carbocycles. The van der Waals surface area contributed by atoms with Crippen molar-refractivity contribution in [1.29, 1.82) is 0 Å². The van der Waals surface area contributed by atoms with E-state index >= 15 is 0 Å². The quantitative estimate of drug-likeness (QED) is 0.589. The molecule has 0 unspecified atom stereocenters. The van der Waals surface area contributed by atoms with Crippen LogP contribution in [0.2, 0.25) is 5.02 Å². The minimum Gasteiger partial charge on any atom is -0.496 e. The Morgan fingerprint density at radius 3 is 2.60 bits per heavy atom. The molecule has 2 aromatic carbocycles. The Morgan fingerprint density at radius 1 is 1.25 bits per heavy atom. The third-order valence-corrected chi connectivity index (χ3v) is 3.52. The van der Waals surface area contributed by atoms with Crippen LogP contribution in [0.5, 0.6) is 5.75 Å². The highest BCUT2D eigenvalue weighted by molar-refractivity contribution is 9.10. The number of rotatable bonds is 3. The molecular formula is C14H8BrClF2O2. The third-order valence-electron chi connectivity index (χ3n) is 2.68. The fraction of sp³-hybridized carbons (Fsp3) is 0.0714. The molecule has 0 aliphatic heterocycles. The van der Waals surface area contributed by atoms with Gasteiger partial charge in [-0.2, -0.15) is 0 Å². The van der Waals surface area contributed by atoms with Crippen molar-refractivity contribution in [2.24, 2.45) is 0 Å². The van der Waals surface area contributed by atoms with Crippen LogP contribution in [0.4, 0.5) is 8.78 Å². The van der Waals surface area contributed by atoms with Crippen molar-refractivity contribution >= 4 is 33.3 Å². The molecule has 0 N–H and O–H groups in total. The Bertz CT molecular complexity index is 689. The number of ether oxygens (including phenoxy) is 1. The predicted octanol–water partition coefficient (Wildman–Crippen LogP) is 4.62. The molecule has 0 fully saturated rings. The lowest BCUT2D eigenvalue weighted by molar-refractivity contribution is 0.102. The van der Waals surface area contributed by atoms with Gasteiger partial charge in [0, 0.05) is 5.02 Å². The molecule has 2 rings (SSSR count). The lowest BCUT2D eigenvalue weighted by Gasteiger charge is -2.10. The van der Waals surface area contributed by atoms with E-state index in [0.717, 1.165) is 6.07 Å². The molecular weight excluding hydrogens is 354 g/mol. The number of carbonyl (C=O) groups excluding carboxylic acids is 1. The molecule has 20 heavy (non-hydrogen) atoms. The second kappa shape index (κ2) is 5.89.